The Labute approximate surface area is 144 Å². The number of non-ortho nitro benzene ring substituents is 1. The highest BCUT2D eigenvalue weighted by Crippen LogP contribution is 2.33. The van der Waals surface area contributed by atoms with Crippen LogP contribution in [-0.2, 0) is 0 Å². The van der Waals surface area contributed by atoms with Crippen LogP contribution < -0.4 is 5.56 Å². The number of nitro groups is 1. The summed E-state index contributed by atoms with van der Waals surface area (Å²) in [6.45, 7) is 0. The van der Waals surface area contributed by atoms with Crippen LogP contribution in [0.5, 0.6) is 0 Å². The topological polar surface area (TPSA) is 77.5 Å². The number of imidazole rings is 1. The minimum absolute atomic E-state index is 0.0610. The van der Waals surface area contributed by atoms with Crippen molar-refractivity contribution in [1.82, 2.24) is 9.38 Å². The maximum atomic E-state index is 13.0. The van der Waals surface area contributed by atoms with Crippen LogP contribution in [0, 0.1) is 10.1 Å². The van der Waals surface area contributed by atoms with E-state index in [1.54, 1.807) is 24.3 Å². The number of hydrogen-bond donors (Lipinski definition) is 0. The molecule has 0 radical (unpaired) electrons. The number of pyridine rings is 1. The van der Waals surface area contributed by atoms with Crippen molar-refractivity contribution in [3.8, 4) is 0 Å². The lowest BCUT2D eigenvalue weighted by molar-refractivity contribution is -0.384. The lowest BCUT2D eigenvalue weighted by atomic mass is 10.0. The number of fused-ring (bicyclic) bond motifs is 4. The predicted octanol–water partition coefficient (Wildman–Crippen LogP) is 4.15. The Morgan fingerprint density at radius 2 is 1.84 bits per heavy atom. The Hall–Kier alpha value is -3.25. The van der Waals surface area contributed by atoms with E-state index >= 15 is 0 Å². The normalized spacial score (nSPS) is 11.9. The first-order valence-electron chi connectivity index (χ1n) is 7.49. The summed E-state index contributed by atoms with van der Waals surface area (Å²) in [5.41, 5.74) is 1.15. The van der Waals surface area contributed by atoms with Crippen molar-refractivity contribution in [3.63, 3.8) is 0 Å². The molecule has 2 aromatic heterocycles. The fourth-order valence-electron chi connectivity index (χ4n) is 3.42. The molecule has 0 aliphatic rings. The van der Waals surface area contributed by atoms with Gasteiger partial charge in [0, 0.05) is 38.7 Å². The maximum absolute atomic E-state index is 13.0. The molecule has 0 saturated carbocycles. The molecule has 0 unspecified atom stereocenters. The van der Waals surface area contributed by atoms with Gasteiger partial charge in [0.25, 0.3) is 11.2 Å². The number of rotatable bonds is 1. The van der Waals surface area contributed by atoms with Gasteiger partial charge in [-0.3, -0.25) is 19.3 Å². The van der Waals surface area contributed by atoms with Crippen molar-refractivity contribution in [3.05, 3.63) is 74.0 Å². The summed E-state index contributed by atoms with van der Waals surface area (Å²) in [5.74, 6) is 0. The smallest absolute Gasteiger partial charge is 0.268 e. The first-order chi connectivity index (χ1) is 12.1. The van der Waals surface area contributed by atoms with Crippen LogP contribution in [0.15, 0.2) is 53.3 Å². The molecule has 120 valence electrons. The second-order valence-corrected chi connectivity index (χ2v) is 6.24. The van der Waals surface area contributed by atoms with Gasteiger partial charge in [-0.1, -0.05) is 23.7 Å². The first-order valence-corrected chi connectivity index (χ1v) is 7.87. The first kappa shape index (κ1) is 14.1. The van der Waals surface area contributed by atoms with E-state index in [0.717, 1.165) is 16.2 Å². The number of nitro benzene ring substituents is 1. The van der Waals surface area contributed by atoms with Crippen LogP contribution in [-0.4, -0.2) is 14.3 Å². The Kier molecular flexibility index (Phi) is 2.62. The second-order valence-electron chi connectivity index (χ2n) is 5.83. The van der Waals surface area contributed by atoms with E-state index in [0.29, 0.717) is 27.1 Å². The van der Waals surface area contributed by atoms with E-state index in [2.05, 4.69) is 4.98 Å². The van der Waals surface area contributed by atoms with Crippen molar-refractivity contribution < 1.29 is 4.92 Å². The third kappa shape index (κ3) is 1.74. The number of hydrogen-bond acceptors (Lipinski definition) is 4. The Morgan fingerprint density at radius 3 is 2.64 bits per heavy atom. The van der Waals surface area contributed by atoms with Crippen molar-refractivity contribution in [2.75, 3.05) is 0 Å². The molecule has 0 N–H and O–H groups in total. The molecule has 0 bridgehead atoms. The van der Waals surface area contributed by atoms with Gasteiger partial charge in [0.1, 0.15) is 5.65 Å². The standard InChI is InChI=1S/C18H8ClN3O3/c19-13-6-5-11-16-10(13)2-1-3-12(16)18(23)21-15-7-4-9(22(24)25)8-14(15)20-17(11)21/h1-8H. The number of halogens is 1. The van der Waals surface area contributed by atoms with Crippen LogP contribution >= 0.6 is 11.6 Å². The summed E-state index contributed by atoms with van der Waals surface area (Å²) in [4.78, 5) is 28.1. The van der Waals surface area contributed by atoms with Gasteiger partial charge in [0.2, 0.25) is 0 Å². The maximum Gasteiger partial charge on any atom is 0.271 e. The zero-order valence-electron chi connectivity index (χ0n) is 12.6. The SMILES string of the molecule is O=c1c2cccc3c(Cl)ccc(c32)c2nc3cc([N+](=O)[O-])ccc3n12. The van der Waals surface area contributed by atoms with Crippen LogP contribution in [0.25, 0.3) is 38.2 Å². The van der Waals surface area contributed by atoms with E-state index in [-0.39, 0.29) is 11.2 Å². The van der Waals surface area contributed by atoms with E-state index in [1.165, 1.54) is 16.5 Å². The van der Waals surface area contributed by atoms with Gasteiger partial charge in [0.05, 0.1) is 16.0 Å². The fourth-order valence-corrected chi connectivity index (χ4v) is 3.65. The summed E-state index contributed by atoms with van der Waals surface area (Å²) >= 11 is 6.28. The van der Waals surface area contributed by atoms with Gasteiger partial charge in [-0.25, -0.2) is 4.98 Å². The van der Waals surface area contributed by atoms with Gasteiger partial charge >= 0.3 is 0 Å². The van der Waals surface area contributed by atoms with Crippen molar-refractivity contribution >= 4 is 55.5 Å². The zero-order valence-corrected chi connectivity index (χ0v) is 13.3. The summed E-state index contributed by atoms with van der Waals surface area (Å²) in [7, 11) is 0. The van der Waals surface area contributed by atoms with Crippen LogP contribution in [0.2, 0.25) is 5.02 Å². The molecular formula is C18H8ClN3O3. The molecule has 2 heterocycles. The summed E-state index contributed by atoms with van der Waals surface area (Å²) in [6.07, 6.45) is 0. The molecule has 3 aromatic carbocycles. The highest BCUT2D eigenvalue weighted by Gasteiger charge is 2.18. The molecule has 5 aromatic rings. The molecule has 5 rings (SSSR count). The quantitative estimate of drug-likeness (QED) is 0.336. The summed E-state index contributed by atoms with van der Waals surface area (Å²) < 4.78 is 1.50. The molecule has 0 amide bonds. The second kappa shape index (κ2) is 4.64. The zero-order chi connectivity index (χ0) is 17.3. The van der Waals surface area contributed by atoms with Crippen LogP contribution in [0.1, 0.15) is 0 Å². The van der Waals surface area contributed by atoms with E-state index in [1.807, 2.05) is 12.1 Å². The Balaban J connectivity index is 2.10. The molecule has 0 saturated heterocycles. The highest BCUT2D eigenvalue weighted by atomic mass is 35.5. The van der Waals surface area contributed by atoms with Gasteiger partial charge in [-0.2, -0.15) is 0 Å². The van der Waals surface area contributed by atoms with Gasteiger partial charge < -0.3 is 0 Å². The molecule has 0 aliphatic heterocycles. The van der Waals surface area contributed by atoms with Gasteiger partial charge in [0.15, 0.2) is 0 Å². The third-order valence-electron chi connectivity index (χ3n) is 4.51. The molecule has 7 heteroatoms. The van der Waals surface area contributed by atoms with Crippen molar-refractivity contribution in [1.29, 1.82) is 0 Å². The number of nitrogens with zero attached hydrogens (tertiary/aromatic N) is 3. The summed E-state index contributed by atoms with van der Waals surface area (Å²) in [6, 6.07) is 13.3. The Bertz CT molecular complexity index is 1410. The lowest BCUT2D eigenvalue weighted by Gasteiger charge is -2.08. The van der Waals surface area contributed by atoms with Gasteiger partial charge in [-0.05, 0) is 24.3 Å². The number of benzene rings is 3. The van der Waals surface area contributed by atoms with Gasteiger partial charge in [-0.15, -0.1) is 0 Å². The van der Waals surface area contributed by atoms with E-state index in [9.17, 15) is 14.9 Å². The van der Waals surface area contributed by atoms with E-state index in [4.69, 9.17) is 11.6 Å². The molecule has 0 spiro atoms. The van der Waals surface area contributed by atoms with Crippen molar-refractivity contribution in [2.45, 2.75) is 0 Å². The molecule has 0 aliphatic carbocycles. The largest absolute Gasteiger partial charge is 0.271 e. The predicted molar refractivity (Wildman–Crippen MR) is 96.8 cm³/mol. The molecule has 0 atom stereocenters. The third-order valence-corrected chi connectivity index (χ3v) is 4.84. The minimum Gasteiger partial charge on any atom is -0.268 e. The lowest BCUT2D eigenvalue weighted by Crippen LogP contribution is -2.13. The molecule has 6 nitrogen and oxygen atoms in total. The monoisotopic (exact) mass is 349 g/mol. The van der Waals surface area contributed by atoms with Crippen LogP contribution in [0.3, 0.4) is 0 Å². The minimum atomic E-state index is -0.477. The van der Waals surface area contributed by atoms with Crippen LogP contribution in [0.4, 0.5) is 5.69 Å². The summed E-state index contributed by atoms with van der Waals surface area (Å²) in [5, 5.41) is 14.4. The number of aromatic nitrogens is 2. The van der Waals surface area contributed by atoms with Crippen molar-refractivity contribution in [2.24, 2.45) is 0 Å². The Morgan fingerprint density at radius 1 is 1.04 bits per heavy atom. The average Bonchev–Trinajstić information content (AvgIpc) is 2.99. The molecular weight excluding hydrogens is 342 g/mol. The molecule has 25 heavy (non-hydrogen) atoms. The fraction of sp³-hybridized carbons (Fsp3) is 0. The average molecular weight is 350 g/mol. The highest BCUT2D eigenvalue weighted by molar-refractivity contribution is 6.37. The van der Waals surface area contributed by atoms with E-state index < -0.39 is 4.92 Å². The molecule has 0 fully saturated rings.